The maximum atomic E-state index is 13.8. The minimum atomic E-state index is -2.12. The third kappa shape index (κ3) is 5.92. The Hall–Kier alpha value is -4.19. The van der Waals surface area contributed by atoms with Gasteiger partial charge in [0.1, 0.15) is 22.8 Å². The molecule has 17 heteroatoms. The second kappa shape index (κ2) is 13.1. The molecule has 0 spiro atoms. The Morgan fingerprint density at radius 3 is 2.51 bits per heavy atom. The maximum Gasteiger partial charge on any atom is 0.352 e. The summed E-state index contributed by atoms with van der Waals surface area (Å²) in [7, 11) is 1.31. The van der Waals surface area contributed by atoms with Crippen LogP contribution in [-0.4, -0.2) is 98.5 Å². The molecule has 2 aromatic rings. The van der Waals surface area contributed by atoms with Crippen LogP contribution >= 0.6 is 11.6 Å². The zero-order valence-corrected chi connectivity index (χ0v) is 26.2. The van der Waals surface area contributed by atoms with Gasteiger partial charge in [0.25, 0.3) is 0 Å². The highest BCUT2D eigenvalue weighted by atomic mass is 35.5. The largest absolute Gasteiger partial charge is 0.507 e. The normalized spacial score (nSPS) is 26.6. The monoisotopic (exact) mass is 676 g/mol. The van der Waals surface area contributed by atoms with Crippen LogP contribution in [0.1, 0.15) is 75.8 Å². The third-order valence-electron chi connectivity index (χ3n) is 8.84. The minimum absolute atomic E-state index is 0.000648. The smallest absolute Gasteiger partial charge is 0.352 e. The number of ketones is 3. The summed E-state index contributed by atoms with van der Waals surface area (Å²) in [6.07, 6.45) is -5.85. The van der Waals surface area contributed by atoms with Gasteiger partial charge >= 0.3 is 6.03 Å². The van der Waals surface area contributed by atoms with E-state index in [0.717, 1.165) is 6.92 Å². The van der Waals surface area contributed by atoms with E-state index in [9.17, 15) is 44.5 Å². The van der Waals surface area contributed by atoms with E-state index in [2.05, 4.69) is 10.7 Å². The first-order chi connectivity index (χ1) is 22.3. The van der Waals surface area contributed by atoms with E-state index in [0.29, 0.717) is 0 Å². The van der Waals surface area contributed by atoms with Crippen LogP contribution in [0.5, 0.6) is 17.2 Å². The number of rotatable bonds is 9. The van der Waals surface area contributed by atoms with Crippen molar-refractivity contribution in [2.75, 3.05) is 19.5 Å². The molecule has 3 aliphatic rings. The van der Waals surface area contributed by atoms with E-state index in [-0.39, 0.29) is 46.8 Å². The number of nitrogens with zero attached hydrogens (tertiary/aromatic N) is 2. The van der Waals surface area contributed by atoms with Gasteiger partial charge in [0.05, 0.1) is 53.4 Å². The highest BCUT2D eigenvalue weighted by Crippen LogP contribution is 2.52. The number of benzene rings is 2. The molecule has 2 amide bonds. The number of amides is 2. The number of aliphatic hydroxyl groups is 2. The van der Waals surface area contributed by atoms with Crippen LogP contribution in [0.2, 0.25) is 0 Å². The molecule has 6 atom stereocenters. The molecule has 1 fully saturated rings. The van der Waals surface area contributed by atoms with Gasteiger partial charge in [-0.1, -0.05) is 12.1 Å². The van der Waals surface area contributed by atoms with Crippen LogP contribution in [-0.2, 0) is 20.7 Å². The van der Waals surface area contributed by atoms with Gasteiger partial charge in [0, 0.05) is 48.4 Å². The van der Waals surface area contributed by atoms with Gasteiger partial charge in [-0.2, -0.15) is 5.43 Å². The highest BCUT2D eigenvalue weighted by molar-refractivity contribution is 6.31. The van der Waals surface area contributed by atoms with Gasteiger partial charge in [-0.15, -0.1) is 16.5 Å². The minimum Gasteiger partial charge on any atom is -0.507 e. The molecule has 2 aliphatic carbocycles. The molecule has 0 bridgehead atoms. The molecule has 1 heterocycles. The molecule has 2 aromatic carbocycles. The number of hydrogen-bond acceptors (Lipinski definition) is 14. The SMILES string of the molecule is COc1cccc2c1C(=O)c1c(O)c3c(c(O)c1C2=O)C[C@@](O)(C(C)=O)C[C@@H]3OC1CC(N(CCCl)NC(=O)NN=O)C(O)C(C)O1. The number of urea groups is 1. The van der Waals surface area contributed by atoms with Crippen molar-refractivity contribution in [2.45, 2.75) is 69.4 Å². The quantitative estimate of drug-likeness (QED) is 0.0817. The molecule has 0 radical (unpaired) electrons. The van der Waals surface area contributed by atoms with Gasteiger partial charge in [-0.05, 0) is 19.9 Å². The Labute approximate surface area is 272 Å². The van der Waals surface area contributed by atoms with Crippen molar-refractivity contribution in [3.8, 4) is 17.2 Å². The Bertz CT molecular complexity index is 1650. The average Bonchev–Trinajstić information content (AvgIpc) is 3.02. The number of carbonyl (C=O) groups excluding carboxylic acids is 4. The second-order valence-corrected chi connectivity index (χ2v) is 11.9. The number of ether oxygens (including phenoxy) is 3. The maximum absolute atomic E-state index is 13.8. The predicted octanol–water partition coefficient (Wildman–Crippen LogP) is 1.51. The summed E-state index contributed by atoms with van der Waals surface area (Å²) in [5, 5.41) is 49.1. The number of nitroso groups, excluding NO2 is 1. The molecule has 47 heavy (non-hydrogen) atoms. The van der Waals surface area contributed by atoms with E-state index < -0.39 is 95.1 Å². The highest BCUT2D eigenvalue weighted by Gasteiger charge is 2.50. The average molecular weight is 677 g/mol. The first kappa shape index (κ1) is 34.2. The number of nitrogens with one attached hydrogen (secondary N) is 2. The summed E-state index contributed by atoms with van der Waals surface area (Å²) in [6.45, 7) is 2.66. The van der Waals surface area contributed by atoms with Crippen LogP contribution in [0.25, 0.3) is 0 Å². The zero-order chi connectivity index (χ0) is 34.4. The fourth-order valence-electron chi connectivity index (χ4n) is 6.50. The van der Waals surface area contributed by atoms with Crippen LogP contribution in [0.4, 0.5) is 4.79 Å². The van der Waals surface area contributed by atoms with Crippen molar-refractivity contribution in [3.05, 3.63) is 56.5 Å². The Morgan fingerprint density at radius 1 is 1.17 bits per heavy atom. The van der Waals surface area contributed by atoms with Crippen LogP contribution in [0.3, 0.4) is 0 Å². The van der Waals surface area contributed by atoms with Crippen LogP contribution < -0.4 is 15.6 Å². The van der Waals surface area contributed by atoms with Crippen molar-refractivity contribution >= 4 is 35.0 Å². The first-order valence-corrected chi connectivity index (χ1v) is 15.1. The number of alkyl halides is 1. The number of Topliss-reactive ketones (excluding diaryl/α,β-unsaturated/α-hetero) is 1. The Morgan fingerprint density at radius 2 is 1.87 bits per heavy atom. The molecular formula is C30H33ClN4O12. The van der Waals surface area contributed by atoms with Crippen molar-refractivity contribution < 1.29 is 53.8 Å². The summed E-state index contributed by atoms with van der Waals surface area (Å²) >= 11 is 5.92. The standard InChI is InChI=1S/C30H33ClN4O12/c1-12-24(37)16(35(8-7-31)33-29(42)32-34-44)9-19(46-12)47-18-11-30(43,13(2)36)10-15-21(18)28(41)23-22(26(15)39)25(38)14-5-4-6-17(45-3)20(14)27(23)40/h4-6,12,16,18-19,24,37,39,41,43H,7-11H2,1-3H3,(H2,32,33,42,44)/t12?,16?,18-,19?,24?,30-/m0/s1. The van der Waals surface area contributed by atoms with Crippen molar-refractivity contribution in [1.82, 2.24) is 15.9 Å². The van der Waals surface area contributed by atoms with E-state index >= 15 is 0 Å². The second-order valence-electron chi connectivity index (χ2n) is 11.6. The molecule has 0 aromatic heterocycles. The molecule has 0 saturated carbocycles. The molecule has 16 nitrogen and oxygen atoms in total. The number of hydrogen-bond donors (Lipinski definition) is 6. The number of phenolic OH excluding ortho intramolecular Hbond substituents is 2. The van der Waals surface area contributed by atoms with E-state index in [1.54, 1.807) is 5.43 Å². The predicted molar refractivity (Wildman–Crippen MR) is 161 cm³/mol. The fraction of sp³-hybridized carbons (Fsp3) is 0.467. The number of aromatic hydroxyl groups is 2. The molecule has 252 valence electrons. The molecule has 1 saturated heterocycles. The summed E-state index contributed by atoms with van der Waals surface area (Å²) < 4.78 is 17.4. The number of aliphatic hydroxyl groups excluding tert-OH is 1. The number of fused-ring (bicyclic) bond motifs is 3. The fourth-order valence-corrected chi connectivity index (χ4v) is 6.68. The van der Waals surface area contributed by atoms with Crippen molar-refractivity contribution in [3.63, 3.8) is 0 Å². The number of halogens is 1. The lowest BCUT2D eigenvalue weighted by Crippen LogP contribution is -2.61. The molecular weight excluding hydrogens is 644 g/mol. The lowest BCUT2D eigenvalue weighted by molar-refractivity contribution is -0.260. The number of carbonyl (C=O) groups is 4. The molecule has 1 aliphatic heterocycles. The zero-order valence-electron chi connectivity index (χ0n) is 25.5. The van der Waals surface area contributed by atoms with Crippen molar-refractivity contribution in [2.24, 2.45) is 5.29 Å². The Balaban J connectivity index is 1.58. The number of methoxy groups -OCH3 is 1. The van der Waals surface area contributed by atoms with E-state index in [1.807, 2.05) is 0 Å². The topological polar surface area (TPSA) is 234 Å². The van der Waals surface area contributed by atoms with Crippen molar-refractivity contribution in [1.29, 1.82) is 0 Å². The van der Waals surface area contributed by atoms with E-state index in [4.69, 9.17) is 25.8 Å². The van der Waals surface area contributed by atoms with Gasteiger partial charge in [-0.3, -0.25) is 19.8 Å². The van der Waals surface area contributed by atoms with Gasteiger partial charge in [-0.25, -0.2) is 9.80 Å². The van der Waals surface area contributed by atoms with Gasteiger partial charge < -0.3 is 34.6 Å². The third-order valence-corrected chi connectivity index (χ3v) is 9.01. The summed E-state index contributed by atoms with van der Waals surface area (Å²) in [5.74, 6) is -3.59. The Kier molecular flexibility index (Phi) is 9.54. The summed E-state index contributed by atoms with van der Waals surface area (Å²) in [4.78, 5) is 62.8. The van der Waals surface area contributed by atoms with Crippen LogP contribution in [0, 0.1) is 4.91 Å². The summed E-state index contributed by atoms with van der Waals surface area (Å²) in [5.41, 5.74) is 0.462. The summed E-state index contributed by atoms with van der Waals surface area (Å²) in [6, 6.07) is 2.43. The molecule has 4 unspecified atom stereocenters. The number of phenols is 2. The van der Waals surface area contributed by atoms with E-state index in [1.165, 1.54) is 37.2 Å². The van der Waals surface area contributed by atoms with Crippen LogP contribution in [0.15, 0.2) is 23.5 Å². The molecule has 5 rings (SSSR count). The molecule has 6 N–H and O–H groups in total. The lowest BCUT2D eigenvalue weighted by Gasteiger charge is -2.45. The lowest BCUT2D eigenvalue weighted by atomic mass is 9.72. The number of hydrazine groups is 1. The first-order valence-electron chi connectivity index (χ1n) is 14.6. The van der Waals surface area contributed by atoms with Gasteiger partial charge in [0.15, 0.2) is 17.9 Å². The van der Waals surface area contributed by atoms with Gasteiger partial charge in [0.2, 0.25) is 5.78 Å².